The largest absolute Gasteiger partial charge is 0.343 e. The lowest BCUT2D eigenvalue weighted by atomic mass is 10.1. The van der Waals surface area contributed by atoms with Gasteiger partial charge in [0.1, 0.15) is 5.82 Å². The van der Waals surface area contributed by atoms with E-state index in [0.717, 1.165) is 32.5 Å². The molecule has 4 rings (SSSR count). The fraction of sp³-hybridized carbons (Fsp3) is 0.115. The van der Waals surface area contributed by atoms with Gasteiger partial charge in [-0.1, -0.05) is 70.0 Å². The summed E-state index contributed by atoms with van der Waals surface area (Å²) >= 11 is 3.35. The van der Waals surface area contributed by atoms with Crippen molar-refractivity contribution in [3.8, 4) is 16.9 Å². The lowest BCUT2D eigenvalue weighted by molar-refractivity contribution is -0.115. The topological polar surface area (TPSA) is 76.0 Å². The first-order chi connectivity index (χ1) is 15.9. The maximum absolute atomic E-state index is 12.7. The summed E-state index contributed by atoms with van der Waals surface area (Å²) in [4.78, 5) is 25.1. The molecule has 0 atom stereocenters. The van der Waals surface area contributed by atoms with Crippen LogP contribution in [0.5, 0.6) is 0 Å². The lowest BCUT2D eigenvalue weighted by Gasteiger charge is -2.12. The number of nitrogens with zero attached hydrogens (tertiary/aromatic N) is 2. The van der Waals surface area contributed by atoms with Crippen molar-refractivity contribution in [1.82, 2.24) is 15.1 Å². The predicted octanol–water partition coefficient (Wildman–Crippen LogP) is 5.29. The third-order valence-corrected chi connectivity index (χ3v) is 5.62. The molecule has 0 spiro atoms. The minimum absolute atomic E-state index is 0.163. The van der Waals surface area contributed by atoms with E-state index in [4.69, 9.17) is 5.10 Å². The van der Waals surface area contributed by atoms with Crippen LogP contribution in [-0.2, 0) is 4.79 Å². The van der Waals surface area contributed by atoms with Gasteiger partial charge in [0.15, 0.2) is 0 Å². The third kappa shape index (κ3) is 5.38. The highest BCUT2D eigenvalue weighted by Crippen LogP contribution is 2.26. The summed E-state index contributed by atoms with van der Waals surface area (Å²) in [5, 5.41) is 10.3. The summed E-state index contributed by atoms with van der Waals surface area (Å²) in [5.41, 5.74) is 5.22. The molecule has 1 aromatic heterocycles. The van der Waals surface area contributed by atoms with Crippen molar-refractivity contribution in [3.05, 3.63) is 100 Å². The monoisotopic (exact) mass is 502 g/mol. The van der Waals surface area contributed by atoms with Gasteiger partial charge in [-0.25, -0.2) is 4.68 Å². The third-order valence-electron chi connectivity index (χ3n) is 5.12. The van der Waals surface area contributed by atoms with Gasteiger partial charge in [0.05, 0.1) is 17.9 Å². The number of carbonyl (C=O) groups is 2. The maximum Gasteiger partial charge on any atom is 0.251 e. The number of amides is 2. The molecule has 0 radical (unpaired) electrons. The fourth-order valence-electron chi connectivity index (χ4n) is 3.53. The van der Waals surface area contributed by atoms with E-state index in [2.05, 4.69) is 32.6 Å². The van der Waals surface area contributed by atoms with Crippen molar-refractivity contribution in [2.45, 2.75) is 13.8 Å². The number of rotatable bonds is 6. The number of nitrogens with one attached hydrogen (secondary N) is 2. The molecule has 0 unspecified atom stereocenters. The first kappa shape index (κ1) is 22.5. The lowest BCUT2D eigenvalue weighted by Crippen LogP contribution is -2.33. The van der Waals surface area contributed by atoms with Crippen molar-refractivity contribution in [2.75, 3.05) is 11.9 Å². The van der Waals surface area contributed by atoms with Crippen LogP contribution < -0.4 is 10.6 Å². The molecule has 3 aromatic carbocycles. The first-order valence-electron chi connectivity index (χ1n) is 10.5. The Morgan fingerprint density at radius 2 is 1.73 bits per heavy atom. The molecule has 0 bridgehead atoms. The Balaban J connectivity index is 1.57. The van der Waals surface area contributed by atoms with E-state index in [-0.39, 0.29) is 18.4 Å². The zero-order valence-electron chi connectivity index (χ0n) is 18.3. The van der Waals surface area contributed by atoms with E-state index < -0.39 is 0 Å². The van der Waals surface area contributed by atoms with Gasteiger partial charge in [-0.15, -0.1) is 0 Å². The molecule has 1 heterocycles. The SMILES string of the molecule is Cc1ccc(-n2nc(-c3ccccc3)cc2NC(=O)CNC(=O)c2cccc(Br)c2)c(C)c1. The minimum Gasteiger partial charge on any atom is -0.343 e. The van der Waals surface area contributed by atoms with Crippen molar-refractivity contribution in [3.63, 3.8) is 0 Å². The zero-order chi connectivity index (χ0) is 23.4. The van der Waals surface area contributed by atoms with Gasteiger partial charge in [0.25, 0.3) is 5.91 Å². The highest BCUT2D eigenvalue weighted by molar-refractivity contribution is 9.10. The number of hydrogen-bond acceptors (Lipinski definition) is 3. The van der Waals surface area contributed by atoms with E-state index in [1.54, 1.807) is 22.9 Å². The first-order valence-corrected chi connectivity index (χ1v) is 11.3. The van der Waals surface area contributed by atoms with Crippen molar-refractivity contribution >= 4 is 33.6 Å². The van der Waals surface area contributed by atoms with Crippen LogP contribution in [0.25, 0.3) is 16.9 Å². The van der Waals surface area contributed by atoms with Crippen LogP contribution in [0.2, 0.25) is 0 Å². The number of anilines is 1. The Bertz CT molecular complexity index is 1320. The van der Waals surface area contributed by atoms with Crippen LogP contribution in [0.1, 0.15) is 21.5 Å². The zero-order valence-corrected chi connectivity index (χ0v) is 19.9. The average molecular weight is 503 g/mol. The molecule has 2 amide bonds. The van der Waals surface area contributed by atoms with Gasteiger partial charge in [-0.3, -0.25) is 9.59 Å². The van der Waals surface area contributed by atoms with Gasteiger partial charge in [0.2, 0.25) is 5.91 Å². The van der Waals surface area contributed by atoms with Crippen LogP contribution >= 0.6 is 15.9 Å². The molecule has 0 fully saturated rings. The molecule has 2 N–H and O–H groups in total. The molecule has 0 aliphatic rings. The summed E-state index contributed by atoms with van der Waals surface area (Å²) in [7, 11) is 0. The number of aromatic nitrogens is 2. The van der Waals surface area contributed by atoms with Crippen LogP contribution in [0, 0.1) is 13.8 Å². The Kier molecular flexibility index (Phi) is 6.70. The van der Waals surface area contributed by atoms with Gasteiger partial charge < -0.3 is 10.6 Å². The average Bonchev–Trinajstić information content (AvgIpc) is 3.21. The second-order valence-electron chi connectivity index (χ2n) is 7.72. The minimum atomic E-state index is -0.344. The van der Waals surface area contributed by atoms with Gasteiger partial charge in [-0.05, 0) is 43.7 Å². The normalized spacial score (nSPS) is 10.6. The molecular weight excluding hydrogens is 480 g/mol. The van der Waals surface area contributed by atoms with Crippen LogP contribution in [-0.4, -0.2) is 28.1 Å². The number of benzene rings is 3. The summed E-state index contributed by atoms with van der Waals surface area (Å²) in [6.45, 7) is 3.88. The Morgan fingerprint density at radius 3 is 2.45 bits per heavy atom. The molecule has 0 aliphatic heterocycles. The van der Waals surface area contributed by atoms with E-state index in [1.165, 1.54) is 0 Å². The second-order valence-corrected chi connectivity index (χ2v) is 8.64. The summed E-state index contributed by atoms with van der Waals surface area (Å²) in [6, 6.07) is 24.7. The fourth-order valence-corrected chi connectivity index (χ4v) is 3.93. The van der Waals surface area contributed by atoms with Crippen molar-refractivity contribution in [2.24, 2.45) is 0 Å². The van der Waals surface area contributed by atoms with Gasteiger partial charge in [-0.2, -0.15) is 5.10 Å². The number of aryl methyl sites for hydroxylation is 2. The molecule has 4 aromatic rings. The van der Waals surface area contributed by atoms with Crippen molar-refractivity contribution in [1.29, 1.82) is 0 Å². The smallest absolute Gasteiger partial charge is 0.251 e. The quantitative estimate of drug-likeness (QED) is 0.376. The number of hydrogen-bond donors (Lipinski definition) is 2. The molecule has 0 aliphatic carbocycles. The summed E-state index contributed by atoms with van der Waals surface area (Å²) in [6.07, 6.45) is 0. The van der Waals surface area contributed by atoms with Crippen LogP contribution in [0.4, 0.5) is 5.82 Å². The second kappa shape index (κ2) is 9.83. The summed E-state index contributed by atoms with van der Waals surface area (Å²) < 4.78 is 2.52. The molecule has 0 saturated heterocycles. The molecule has 7 heteroatoms. The highest BCUT2D eigenvalue weighted by atomic mass is 79.9. The molecular formula is C26H23BrN4O2. The Morgan fingerprint density at radius 1 is 0.939 bits per heavy atom. The molecule has 0 saturated carbocycles. The standard InChI is InChI=1S/C26H23BrN4O2/c1-17-11-12-23(18(2)13-17)31-24(15-22(30-31)19-7-4-3-5-8-19)29-25(32)16-28-26(33)20-9-6-10-21(27)14-20/h3-15H,16H2,1-2H3,(H,28,33)(H,29,32). The molecule has 6 nitrogen and oxygen atoms in total. The Labute approximate surface area is 200 Å². The van der Waals surface area contributed by atoms with Crippen LogP contribution in [0.15, 0.2) is 83.3 Å². The highest BCUT2D eigenvalue weighted by Gasteiger charge is 2.16. The maximum atomic E-state index is 12.7. The number of carbonyl (C=O) groups excluding carboxylic acids is 2. The van der Waals surface area contributed by atoms with E-state index >= 15 is 0 Å². The van der Waals surface area contributed by atoms with E-state index in [0.29, 0.717) is 11.4 Å². The van der Waals surface area contributed by atoms with Gasteiger partial charge in [0, 0.05) is 21.7 Å². The van der Waals surface area contributed by atoms with E-state index in [1.807, 2.05) is 68.4 Å². The van der Waals surface area contributed by atoms with Gasteiger partial charge >= 0.3 is 0 Å². The van der Waals surface area contributed by atoms with E-state index in [9.17, 15) is 9.59 Å². The predicted molar refractivity (Wildman–Crippen MR) is 134 cm³/mol. The van der Waals surface area contributed by atoms with Crippen molar-refractivity contribution < 1.29 is 9.59 Å². The van der Waals surface area contributed by atoms with Crippen LogP contribution in [0.3, 0.4) is 0 Å². The number of halogens is 1. The molecule has 166 valence electrons. The molecule has 33 heavy (non-hydrogen) atoms. The Hall–Kier alpha value is -3.71. The summed E-state index contributed by atoms with van der Waals surface area (Å²) in [5.74, 6) is -0.134.